The number of hydrogen-bond acceptors (Lipinski definition) is 3. The fourth-order valence-corrected chi connectivity index (χ4v) is 3.44. The van der Waals surface area contributed by atoms with E-state index in [1.807, 2.05) is 72.9 Å². The lowest BCUT2D eigenvalue weighted by molar-refractivity contribution is 0.104. The molecule has 0 saturated heterocycles. The van der Waals surface area contributed by atoms with Crippen LogP contribution in [0.2, 0.25) is 0 Å². The smallest absolute Gasteiger partial charge is 0.194 e. The summed E-state index contributed by atoms with van der Waals surface area (Å²) in [4.78, 5) is 17.2. The number of rotatable bonds is 7. The first kappa shape index (κ1) is 18.2. The summed E-state index contributed by atoms with van der Waals surface area (Å²) in [7, 11) is 0. The lowest BCUT2D eigenvalue weighted by atomic mass is 10.1. The van der Waals surface area contributed by atoms with Crippen molar-refractivity contribution in [2.24, 2.45) is 4.99 Å². The van der Waals surface area contributed by atoms with Crippen LogP contribution in [0.1, 0.15) is 47.7 Å². The van der Waals surface area contributed by atoms with Crippen molar-refractivity contribution in [3.8, 4) is 16.9 Å². The van der Waals surface area contributed by atoms with E-state index >= 15 is 0 Å². The van der Waals surface area contributed by atoms with E-state index < -0.39 is 0 Å². The molecule has 0 fully saturated rings. The van der Waals surface area contributed by atoms with Crippen LogP contribution in [0.25, 0.3) is 11.1 Å². The van der Waals surface area contributed by atoms with Crippen molar-refractivity contribution in [1.82, 2.24) is 0 Å². The third-order valence-electron chi connectivity index (χ3n) is 4.97. The molecular weight excluding hydrogens is 346 g/mol. The maximum atomic E-state index is 12.6. The molecule has 0 N–H and O–H groups in total. The van der Waals surface area contributed by atoms with Gasteiger partial charge in [0.2, 0.25) is 0 Å². The van der Waals surface area contributed by atoms with Gasteiger partial charge >= 0.3 is 0 Å². The van der Waals surface area contributed by atoms with Crippen molar-refractivity contribution < 1.29 is 9.53 Å². The lowest BCUT2D eigenvalue weighted by Crippen LogP contribution is -1.96. The third-order valence-corrected chi connectivity index (χ3v) is 4.97. The molecule has 1 aliphatic carbocycles. The van der Waals surface area contributed by atoms with Crippen molar-refractivity contribution in [2.75, 3.05) is 6.61 Å². The number of hydrogen-bond donors (Lipinski definition) is 0. The highest BCUT2D eigenvalue weighted by atomic mass is 16.5. The standard InChI is InChI=1S/C25H23NO2/c1-2-3-6-15-28-20-12-9-18(10-13-20)17-26-19-11-14-22-21-7-4-5-8-23(21)25(27)24(22)16-19/h4-5,7-14,16-17H,2-3,6,15H2,1H3. The fraction of sp³-hybridized carbons (Fsp3) is 0.200. The van der Waals surface area contributed by atoms with E-state index in [1.54, 1.807) is 0 Å². The van der Waals surface area contributed by atoms with Gasteiger partial charge < -0.3 is 4.74 Å². The van der Waals surface area contributed by atoms with Gasteiger partial charge in [0, 0.05) is 17.3 Å². The summed E-state index contributed by atoms with van der Waals surface area (Å²) in [5.41, 5.74) is 5.27. The third kappa shape index (κ3) is 3.74. The number of nitrogens with zero attached hydrogens (tertiary/aromatic N) is 1. The molecular formula is C25H23NO2. The monoisotopic (exact) mass is 369 g/mol. The number of benzene rings is 3. The maximum absolute atomic E-state index is 12.6. The zero-order valence-electron chi connectivity index (χ0n) is 16.0. The molecule has 0 unspecified atom stereocenters. The summed E-state index contributed by atoms with van der Waals surface area (Å²) >= 11 is 0. The van der Waals surface area contributed by atoms with Gasteiger partial charge in [-0.2, -0.15) is 0 Å². The van der Waals surface area contributed by atoms with Crippen molar-refractivity contribution in [1.29, 1.82) is 0 Å². The zero-order valence-corrected chi connectivity index (χ0v) is 16.0. The minimum absolute atomic E-state index is 0.0761. The average Bonchev–Trinajstić information content (AvgIpc) is 3.03. The molecule has 0 heterocycles. The molecule has 0 radical (unpaired) electrons. The Bertz CT molecular complexity index is 1020. The number of ketones is 1. The summed E-state index contributed by atoms with van der Waals surface area (Å²) in [6, 6.07) is 21.5. The van der Waals surface area contributed by atoms with E-state index in [1.165, 1.54) is 12.8 Å². The molecule has 0 aromatic heterocycles. The van der Waals surface area contributed by atoms with Crippen LogP contribution in [0.3, 0.4) is 0 Å². The van der Waals surface area contributed by atoms with Crippen molar-refractivity contribution in [3.05, 3.63) is 83.4 Å². The van der Waals surface area contributed by atoms with Crippen molar-refractivity contribution in [3.63, 3.8) is 0 Å². The Morgan fingerprint density at radius 2 is 1.61 bits per heavy atom. The van der Waals surface area contributed by atoms with Crippen molar-refractivity contribution >= 4 is 17.7 Å². The first-order chi connectivity index (χ1) is 13.8. The van der Waals surface area contributed by atoms with Crippen LogP contribution in [0.15, 0.2) is 71.7 Å². The second-order valence-electron chi connectivity index (χ2n) is 6.99. The van der Waals surface area contributed by atoms with E-state index in [0.717, 1.165) is 52.3 Å². The highest BCUT2D eigenvalue weighted by Crippen LogP contribution is 2.38. The molecule has 1 aliphatic rings. The van der Waals surface area contributed by atoms with Gasteiger partial charge in [0.1, 0.15) is 5.75 Å². The average molecular weight is 369 g/mol. The molecule has 28 heavy (non-hydrogen) atoms. The Morgan fingerprint density at radius 1 is 0.857 bits per heavy atom. The quantitative estimate of drug-likeness (QED) is 0.287. The van der Waals surface area contributed by atoms with Crippen LogP contribution in [0.4, 0.5) is 5.69 Å². The summed E-state index contributed by atoms with van der Waals surface area (Å²) in [5.74, 6) is 0.960. The second-order valence-corrected chi connectivity index (χ2v) is 6.99. The second kappa shape index (κ2) is 8.22. The lowest BCUT2D eigenvalue weighted by Gasteiger charge is -2.05. The van der Waals surface area contributed by atoms with Crippen molar-refractivity contribution in [2.45, 2.75) is 26.2 Å². The molecule has 0 spiro atoms. The van der Waals surface area contributed by atoms with E-state index in [-0.39, 0.29) is 5.78 Å². The van der Waals surface area contributed by atoms with Gasteiger partial charge in [0.25, 0.3) is 0 Å². The Balaban J connectivity index is 1.45. The Hall–Kier alpha value is -3.20. The van der Waals surface area contributed by atoms with Gasteiger partial charge in [-0.3, -0.25) is 9.79 Å². The van der Waals surface area contributed by atoms with Crippen LogP contribution in [0.5, 0.6) is 5.75 Å². The Kier molecular flexibility index (Phi) is 5.34. The predicted octanol–water partition coefficient (Wildman–Crippen LogP) is 6.22. The van der Waals surface area contributed by atoms with Gasteiger partial charge in [-0.25, -0.2) is 0 Å². The minimum atomic E-state index is 0.0761. The molecule has 0 aliphatic heterocycles. The van der Waals surface area contributed by atoms with Crippen LogP contribution in [-0.2, 0) is 0 Å². The Labute approximate surface area is 165 Å². The van der Waals surface area contributed by atoms with E-state index in [9.17, 15) is 4.79 Å². The first-order valence-electron chi connectivity index (χ1n) is 9.81. The molecule has 0 saturated carbocycles. The number of unbranched alkanes of at least 4 members (excludes halogenated alkanes) is 2. The van der Waals surface area contributed by atoms with Gasteiger partial charge in [0.15, 0.2) is 5.78 Å². The van der Waals surface area contributed by atoms with Crippen LogP contribution in [0, 0.1) is 0 Å². The number of aliphatic imine (C=N–C) groups is 1. The maximum Gasteiger partial charge on any atom is 0.194 e. The first-order valence-corrected chi connectivity index (χ1v) is 9.81. The molecule has 3 aromatic carbocycles. The summed E-state index contributed by atoms with van der Waals surface area (Å²) in [5, 5.41) is 0. The van der Waals surface area contributed by atoms with Crippen LogP contribution in [-0.4, -0.2) is 18.6 Å². The number of carbonyl (C=O) groups is 1. The molecule has 0 atom stereocenters. The van der Waals surface area contributed by atoms with Crippen LogP contribution >= 0.6 is 0 Å². The highest BCUT2D eigenvalue weighted by molar-refractivity contribution is 6.22. The molecule has 3 heteroatoms. The summed E-state index contributed by atoms with van der Waals surface area (Å²) < 4.78 is 5.74. The number of carbonyl (C=O) groups excluding carboxylic acids is 1. The largest absolute Gasteiger partial charge is 0.494 e. The number of ether oxygens (including phenoxy) is 1. The van der Waals surface area contributed by atoms with Gasteiger partial charge in [0.05, 0.1) is 12.3 Å². The molecule has 0 bridgehead atoms. The predicted molar refractivity (Wildman–Crippen MR) is 114 cm³/mol. The molecule has 140 valence electrons. The SMILES string of the molecule is CCCCCOc1ccc(C=Nc2ccc3c(c2)C(=O)c2ccccc2-3)cc1. The topological polar surface area (TPSA) is 38.7 Å². The minimum Gasteiger partial charge on any atom is -0.494 e. The highest BCUT2D eigenvalue weighted by Gasteiger charge is 2.26. The van der Waals surface area contributed by atoms with Gasteiger partial charge in [-0.1, -0.05) is 50.1 Å². The van der Waals surface area contributed by atoms with E-state index in [2.05, 4.69) is 11.9 Å². The van der Waals surface area contributed by atoms with Gasteiger partial charge in [-0.15, -0.1) is 0 Å². The number of fused-ring (bicyclic) bond motifs is 3. The Morgan fingerprint density at radius 3 is 2.39 bits per heavy atom. The normalized spacial score (nSPS) is 12.2. The zero-order chi connectivity index (χ0) is 19.3. The summed E-state index contributed by atoms with van der Waals surface area (Å²) in [6.45, 7) is 2.94. The summed E-state index contributed by atoms with van der Waals surface area (Å²) in [6.07, 6.45) is 5.29. The van der Waals surface area contributed by atoms with E-state index in [4.69, 9.17) is 4.74 Å². The van der Waals surface area contributed by atoms with Crippen LogP contribution < -0.4 is 4.74 Å². The molecule has 4 rings (SSSR count). The van der Waals surface area contributed by atoms with Gasteiger partial charge in [-0.05, 0) is 59.5 Å². The molecule has 0 amide bonds. The fourth-order valence-electron chi connectivity index (χ4n) is 3.44. The van der Waals surface area contributed by atoms with E-state index in [0.29, 0.717) is 0 Å². The molecule has 3 nitrogen and oxygen atoms in total. The molecule has 3 aromatic rings.